The van der Waals surface area contributed by atoms with Crippen LogP contribution in [-0.4, -0.2) is 66.2 Å². The molecule has 0 bridgehead atoms. The molecule has 19 heavy (non-hydrogen) atoms. The number of aromatic nitrogens is 2. The number of nitrogens with one attached hydrogen (secondary N) is 1. The molecule has 2 heterocycles. The summed E-state index contributed by atoms with van der Waals surface area (Å²) in [5.74, 6) is 0.699. The summed E-state index contributed by atoms with van der Waals surface area (Å²) in [6, 6.07) is 3.55. The molecule has 0 spiro atoms. The first-order chi connectivity index (χ1) is 9.16. The number of hydrogen-bond donors (Lipinski definition) is 1. The summed E-state index contributed by atoms with van der Waals surface area (Å²) in [5.41, 5.74) is 0.431. The number of anilines is 1. The minimum absolute atomic E-state index is 0.00941. The van der Waals surface area contributed by atoms with Gasteiger partial charge in [-0.25, -0.2) is 0 Å². The number of hydrogen-bond acceptors (Lipinski definition) is 5. The molecule has 104 valence electrons. The normalized spacial score (nSPS) is 15.0. The van der Waals surface area contributed by atoms with Crippen LogP contribution in [0.2, 0.25) is 0 Å². The quantitative estimate of drug-likeness (QED) is 0.846. The Morgan fingerprint density at radius 1 is 1.32 bits per heavy atom. The van der Waals surface area contributed by atoms with Crippen LogP contribution in [0.15, 0.2) is 12.1 Å². The lowest BCUT2D eigenvalue weighted by atomic mass is 10.3. The SMILES string of the molecule is CN(C)CCNc1ccc(C(=O)N2CCCC2)nn1. The van der Waals surface area contributed by atoms with Crippen molar-refractivity contribution < 1.29 is 4.79 Å². The van der Waals surface area contributed by atoms with Gasteiger partial charge < -0.3 is 15.1 Å². The van der Waals surface area contributed by atoms with Gasteiger partial charge in [0.2, 0.25) is 0 Å². The van der Waals surface area contributed by atoms with E-state index in [0.29, 0.717) is 11.5 Å². The minimum atomic E-state index is -0.00941. The first kappa shape index (κ1) is 13.7. The molecule has 1 aliphatic heterocycles. The molecule has 0 aromatic carbocycles. The third-order valence-electron chi connectivity index (χ3n) is 3.14. The second-order valence-corrected chi connectivity index (χ2v) is 5.03. The zero-order chi connectivity index (χ0) is 13.7. The van der Waals surface area contributed by atoms with Crippen molar-refractivity contribution >= 4 is 11.7 Å². The summed E-state index contributed by atoms with van der Waals surface area (Å²) in [7, 11) is 4.04. The van der Waals surface area contributed by atoms with E-state index < -0.39 is 0 Å². The van der Waals surface area contributed by atoms with Gasteiger partial charge in [-0.2, -0.15) is 0 Å². The highest BCUT2D eigenvalue weighted by molar-refractivity contribution is 5.92. The van der Waals surface area contributed by atoms with E-state index in [1.807, 2.05) is 25.1 Å². The van der Waals surface area contributed by atoms with Crippen LogP contribution >= 0.6 is 0 Å². The number of carbonyl (C=O) groups is 1. The van der Waals surface area contributed by atoms with Crippen molar-refractivity contribution in [3.63, 3.8) is 0 Å². The van der Waals surface area contributed by atoms with E-state index in [4.69, 9.17) is 0 Å². The fourth-order valence-corrected chi connectivity index (χ4v) is 2.03. The molecule has 2 rings (SSSR count). The molecular formula is C13H21N5O. The van der Waals surface area contributed by atoms with E-state index in [1.165, 1.54) is 0 Å². The van der Waals surface area contributed by atoms with Crippen molar-refractivity contribution in [2.45, 2.75) is 12.8 Å². The molecule has 6 nitrogen and oxygen atoms in total. The number of amides is 1. The highest BCUT2D eigenvalue weighted by atomic mass is 16.2. The fraction of sp³-hybridized carbons (Fsp3) is 0.615. The maximum atomic E-state index is 12.1. The van der Waals surface area contributed by atoms with E-state index in [0.717, 1.165) is 39.0 Å². The number of likely N-dealkylation sites (tertiary alicyclic amines) is 1. The Kier molecular flexibility index (Phi) is 4.68. The van der Waals surface area contributed by atoms with E-state index >= 15 is 0 Å². The number of carbonyl (C=O) groups excluding carboxylic acids is 1. The minimum Gasteiger partial charge on any atom is -0.367 e. The molecule has 1 N–H and O–H groups in total. The molecule has 1 aliphatic rings. The molecular weight excluding hydrogens is 242 g/mol. The number of nitrogens with zero attached hydrogens (tertiary/aromatic N) is 4. The van der Waals surface area contributed by atoms with Crippen molar-refractivity contribution in [2.24, 2.45) is 0 Å². The molecule has 1 saturated heterocycles. The average Bonchev–Trinajstić information content (AvgIpc) is 2.92. The van der Waals surface area contributed by atoms with Gasteiger partial charge in [-0.1, -0.05) is 0 Å². The van der Waals surface area contributed by atoms with Gasteiger partial charge in [0.15, 0.2) is 5.69 Å². The monoisotopic (exact) mass is 263 g/mol. The predicted molar refractivity (Wildman–Crippen MR) is 74.2 cm³/mol. The van der Waals surface area contributed by atoms with Gasteiger partial charge >= 0.3 is 0 Å². The van der Waals surface area contributed by atoms with Gasteiger partial charge in [0, 0.05) is 26.2 Å². The third kappa shape index (κ3) is 3.89. The Balaban J connectivity index is 1.88. The second-order valence-electron chi connectivity index (χ2n) is 5.03. The summed E-state index contributed by atoms with van der Waals surface area (Å²) in [6.07, 6.45) is 2.17. The van der Waals surface area contributed by atoms with Gasteiger partial charge in [0.25, 0.3) is 5.91 Å². The van der Waals surface area contributed by atoms with Crippen LogP contribution in [0.25, 0.3) is 0 Å². The van der Waals surface area contributed by atoms with Crippen LogP contribution in [0.1, 0.15) is 23.3 Å². The van der Waals surface area contributed by atoms with Crippen LogP contribution in [0.3, 0.4) is 0 Å². The molecule has 0 radical (unpaired) electrons. The molecule has 0 aliphatic carbocycles. The van der Waals surface area contributed by atoms with Gasteiger partial charge in [-0.3, -0.25) is 4.79 Å². The smallest absolute Gasteiger partial charge is 0.274 e. The Hall–Kier alpha value is -1.69. The highest BCUT2D eigenvalue weighted by Gasteiger charge is 2.20. The van der Waals surface area contributed by atoms with Crippen molar-refractivity contribution in [3.8, 4) is 0 Å². The van der Waals surface area contributed by atoms with Crippen molar-refractivity contribution in [3.05, 3.63) is 17.8 Å². The Morgan fingerprint density at radius 2 is 2.05 bits per heavy atom. The first-order valence-corrected chi connectivity index (χ1v) is 6.68. The lowest BCUT2D eigenvalue weighted by Crippen LogP contribution is -2.28. The van der Waals surface area contributed by atoms with Gasteiger partial charge in [-0.05, 0) is 39.1 Å². The molecule has 1 fully saturated rings. The lowest BCUT2D eigenvalue weighted by molar-refractivity contribution is 0.0786. The summed E-state index contributed by atoms with van der Waals surface area (Å²) in [6.45, 7) is 3.41. The molecule has 6 heteroatoms. The van der Waals surface area contributed by atoms with Crippen LogP contribution in [0.4, 0.5) is 5.82 Å². The van der Waals surface area contributed by atoms with Crippen molar-refractivity contribution in [2.75, 3.05) is 45.6 Å². The predicted octanol–water partition coefficient (Wildman–Crippen LogP) is 0.686. The van der Waals surface area contributed by atoms with E-state index in [9.17, 15) is 4.79 Å². The second kappa shape index (κ2) is 6.47. The van der Waals surface area contributed by atoms with E-state index in [-0.39, 0.29) is 5.91 Å². The largest absolute Gasteiger partial charge is 0.367 e. The third-order valence-corrected chi connectivity index (χ3v) is 3.14. The van der Waals surface area contributed by atoms with Gasteiger partial charge in [-0.15, -0.1) is 10.2 Å². The topological polar surface area (TPSA) is 61.4 Å². The highest BCUT2D eigenvalue weighted by Crippen LogP contribution is 2.11. The number of likely N-dealkylation sites (N-methyl/N-ethyl adjacent to an activating group) is 1. The zero-order valence-electron chi connectivity index (χ0n) is 11.6. The summed E-state index contributed by atoms with van der Waals surface area (Å²) >= 11 is 0. The Bertz CT molecular complexity index is 412. The van der Waals surface area contributed by atoms with Crippen LogP contribution in [-0.2, 0) is 0 Å². The molecule has 0 atom stereocenters. The Morgan fingerprint density at radius 3 is 2.63 bits per heavy atom. The molecule has 0 saturated carbocycles. The van der Waals surface area contributed by atoms with Gasteiger partial charge in [0.1, 0.15) is 5.82 Å². The van der Waals surface area contributed by atoms with Crippen LogP contribution < -0.4 is 5.32 Å². The van der Waals surface area contributed by atoms with E-state index in [2.05, 4.69) is 20.4 Å². The maximum absolute atomic E-state index is 12.1. The summed E-state index contributed by atoms with van der Waals surface area (Å²) < 4.78 is 0. The molecule has 1 aromatic heterocycles. The summed E-state index contributed by atoms with van der Waals surface area (Å²) in [5, 5.41) is 11.2. The van der Waals surface area contributed by atoms with Crippen molar-refractivity contribution in [1.82, 2.24) is 20.0 Å². The van der Waals surface area contributed by atoms with Crippen LogP contribution in [0.5, 0.6) is 0 Å². The summed E-state index contributed by atoms with van der Waals surface area (Å²) in [4.78, 5) is 16.0. The lowest BCUT2D eigenvalue weighted by Gasteiger charge is -2.14. The molecule has 1 aromatic rings. The molecule has 1 amide bonds. The zero-order valence-corrected chi connectivity index (χ0v) is 11.6. The maximum Gasteiger partial charge on any atom is 0.274 e. The van der Waals surface area contributed by atoms with Gasteiger partial charge in [0.05, 0.1) is 0 Å². The van der Waals surface area contributed by atoms with E-state index in [1.54, 1.807) is 6.07 Å². The average molecular weight is 263 g/mol. The standard InChI is InChI=1S/C13H21N5O/c1-17(2)10-7-14-12-6-5-11(15-16-12)13(19)18-8-3-4-9-18/h5-6H,3-4,7-10H2,1-2H3,(H,14,16). The van der Waals surface area contributed by atoms with Crippen LogP contribution in [0, 0.1) is 0 Å². The van der Waals surface area contributed by atoms with Crippen molar-refractivity contribution in [1.29, 1.82) is 0 Å². The fourth-order valence-electron chi connectivity index (χ4n) is 2.03. The first-order valence-electron chi connectivity index (χ1n) is 6.68. The molecule has 0 unspecified atom stereocenters. The number of rotatable bonds is 5. The Labute approximate surface area is 113 Å².